The molecule has 4 rings (SSSR count). The number of hydrogen-bond acceptors (Lipinski definition) is 4. The topological polar surface area (TPSA) is 56.8 Å². The molecule has 2 aromatic carbocycles. The van der Waals surface area contributed by atoms with E-state index in [1.54, 1.807) is 6.33 Å². The first-order chi connectivity index (χ1) is 13.4. The van der Waals surface area contributed by atoms with Gasteiger partial charge in [-0.15, -0.1) is 0 Å². The largest absolute Gasteiger partial charge is 0.303 e. The molecule has 2 heterocycles. The highest BCUT2D eigenvalue weighted by Gasteiger charge is 2.24. The molecule has 0 radical (unpaired) electrons. The minimum absolute atomic E-state index is 0.0621. The smallest absolute Gasteiger partial charge is 0.145 e. The lowest BCUT2D eigenvalue weighted by atomic mass is 10.0. The van der Waals surface area contributed by atoms with E-state index in [0.29, 0.717) is 5.92 Å². The van der Waals surface area contributed by atoms with Crippen LogP contribution in [0.15, 0.2) is 67.0 Å². The number of hydrogen-bond donors (Lipinski definition) is 2. The van der Waals surface area contributed by atoms with Crippen molar-refractivity contribution in [3.8, 4) is 0 Å². The normalized spacial score (nSPS) is 18.6. The van der Waals surface area contributed by atoms with Gasteiger partial charge in [0.05, 0.1) is 6.04 Å². The number of rotatable bonds is 8. The summed E-state index contributed by atoms with van der Waals surface area (Å²) in [5, 5.41) is 10.8. The molecule has 0 saturated carbocycles. The fourth-order valence-electron chi connectivity index (χ4n) is 3.87. The van der Waals surface area contributed by atoms with Crippen LogP contribution in [0.2, 0.25) is 0 Å². The minimum Gasteiger partial charge on any atom is -0.303 e. The zero-order valence-corrected chi connectivity index (χ0v) is 15.6. The zero-order valence-electron chi connectivity index (χ0n) is 15.6. The molecular formula is C22H27N5. The lowest BCUT2D eigenvalue weighted by molar-refractivity contribution is 0.324. The quantitative estimate of drug-likeness (QED) is 0.647. The summed E-state index contributed by atoms with van der Waals surface area (Å²) in [6, 6.07) is 21.3. The minimum atomic E-state index is 0.0621. The molecule has 27 heavy (non-hydrogen) atoms. The van der Waals surface area contributed by atoms with Crippen LogP contribution >= 0.6 is 0 Å². The number of H-pyrrole nitrogens is 1. The highest BCUT2D eigenvalue weighted by Crippen LogP contribution is 2.21. The van der Waals surface area contributed by atoms with E-state index >= 15 is 0 Å². The summed E-state index contributed by atoms with van der Waals surface area (Å²) in [6.07, 6.45) is 3.96. The van der Waals surface area contributed by atoms with Crippen LogP contribution in [0.25, 0.3) is 0 Å². The molecule has 140 valence electrons. The van der Waals surface area contributed by atoms with Gasteiger partial charge in [0, 0.05) is 19.6 Å². The van der Waals surface area contributed by atoms with E-state index in [9.17, 15) is 0 Å². The Morgan fingerprint density at radius 3 is 2.59 bits per heavy atom. The Kier molecular flexibility index (Phi) is 5.92. The first kappa shape index (κ1) is 17.9. The average Bonchev–Trinajstić information content (AvgIpc) is 3.41. The maximum absolute atomic E-state index is 4.38. The molecule has 0 aliphatic carbocycles. The van der Waals surface area contributed by atoms with E-state index in [-0.39, 0.29) is 6.04 Å². The van der Waals surface area contributed by atoms with Crippen molar-refractivity contribution in [2.45, 2.75) is 18.9 Å². The predicted molar refractivity (Wildman–Crippen MR) is 107 cm³/mol. The van der Waals surface area contributed by atoms with Crippen LogP contribution in [0, 0.1) is 5.92 Å². The summed E-state index contributed by atoms with van der Waals surface area (Å²) in [5.74, 6) is 1.55. The van der Waals surface area contributed by atoms with Gasteiger partial charge in [-0.25, -0.2) is 4.98 Å². The molecule has 2 atom stereocenters. The van der Waals surface area contributed by atoms with Crippen molar-refractivity contribution in [3.05, 3.63) is 83.9 Å². The van der Waals surface area contributed by atoms with Crippen LogP contribution < -0.4 is 5.32 Å². The Labute approximate surface area is 160 Å². The Morgan fingerprint density at radius 1 is 1.07 bits per heavy atom. The standard InChI is InChI=1S/C22H27N5/c1-3-7-18(8-4-1)11-13-27-14-12-19(16-27)15-23-21(22-24-17-25-26-22)20-9-5-2-6-10-20/h1-10,17,19,21,23H,11-16H2,(H,24,25,26). The second kappa shape index (κ2) is 8.93. The van der Waals surface area contributed by atoms with Crippen LogP contribution in [-0.2, 0) is 6.42 Å². The zero-order chi connectivity index (χ0) is 18.3. The summed E-state index contributed by atoms with van der Waals surface area (Å²) in [4.78, 5) is 6.97. The van der Waals surface area contributed by atoms with Crippen molar-refractivity contribution in [2.75, 3.05) is 26.2 Å². The van der Waals surface area contributed by atoms with Gasteiger partial charge in [-0.3, -0.25) is 5.10 Å². The molecule has 0 amide bonds. The Morgan fingerprint density at radius 2 is 1.85 bits per heavy atom. The fourth-order valence-corrected chi connectivity index (χ4v) is 3.87. The molecule has 0 spiro atoms. The van der Waals surface area contributed by atoms with Crippen LogP contribution in [0.5, 0.6) is 0 Å². The highest BCUT2D eigenvalue weighted by atomic mass is 15.2. The molecule has 1 fully saturated rings. The number of benzene rings is 2. The van der Waals surface area contributed by atoms with Crippen molar-refractivity contribution in [2.24, 2.45) is 5.92 Å². The molecular weight excluding hydrogens is 334 g/mol. The van der Waals surface area contributed by atoms with Gasteiger partial charge in [-0.05, 0) is 36.4 Å². The molecule has 1 aliphatic heterocycles. The SMILES string of the molecule is c1ccc(CCN2CCC(CNC(c3ccccc3)c3ncn[nH]3)C2)cc1. The molecule has 1 aliphatic rings. The molecule has 3 aromatic rings. The summed E-state index contributed by atoms with van der Waals surface area (Å²) in [6.45, 7) is 4.49. The van der Waals surface area contributed by atoms with Gasteiger partial charge in [0.1, 0.15) is 12.2 Å². The van der Waals surface area contributed by atoms with E-state index in [1.165, 1.54) is 24.1 Å². The average molecular weight is 361 g/mol. The van der Waals surface area contributed by atoms with E-state index in [4.69, 9.17) is 0 Å². The van der Waals surface area contributed by atoms with E-state index in [0.717, 1.165) is 31.9 Å². The van der Waals surface area contributed by atoms with Crippen molar-refractivity contribution in [1.82, 2.24) is 25.4 Å². The molecule has 1 aromatic heterocycles. The van der Waals surface area contributed by atoms with Gasteiger partial charge in [0.25, 0.3) is 0 Å². The number of aromatic nitrogens is 3. The molecule has 2 N–H and O–H groups in total. The second-order valence-electron chi connectivity index (χ2n) is 7.31. The Balaban J connectivity index is 1.30. The number of likely N-dealkylation sites (tertiary alicyclic amines) is 1. The van der Waals surface area contributed by atoms with Gasteiger partial charge < -0.3 is 10.2 Å². The Bertz CT molecular complexity index is 788. The van der Waals surface area contributed by atoms with Gasteiger partial charge in [0.15, 0.2) is 0 Å². The monoisotopic (exact) mass is 361 g/mol. The van der Waals surface area contributed by atoms with Gasteiger partial charge in [-0.2, -0.15) is 5.10 Å². The van der Waals surface area contributed by atoms with Crippen molar-refractivity contribution >= 4 is 0 Å². The molecule has 0 bridgehead atoms. The second-order valence-corrected chi connectivity index (χ2v) is 7.31. The maximum atomic E-state index is 4.38. The van der Waals surface area contributed by atoms with E-state index < -0.39 is 0 Å². The number of aromatic amines is 1. The van der Waals surface area contributed by atoms with Crippen LogP contribution in [0.1, 0.15) is 29.4 Å². The van der Waals surface area contributed by atoms with Crippen molar-refractivity contribution < 1.29 is 0 Å². The number of nitrogens with zero attached hydrogens (tertiary/aromatic N) is 3. The Hall–Kier alpha value is -2.50. The third-order valence-corrected chi connectivity index (χ3v) is 5.38. The van der Waals surface area contributed by atoms with E-state index in [1.807, 2.05) is 6.07 Å². The molecule has 5 heteroatoms. The fraction of sp³-hybridized carbons (Fsp3) is 0.364. The summed E-state index contributed by atoms with van der Waals surface area (Å²) >= 11 is 0. The lowest BCUT2D eigenvalue weighted by Crippen LogP contribution is -2.31. The van der Waals surface area contributed by atoms with E-state index in [2.05, 4.69) is 80.0 Å². The summed E-state index contributed by atoms with van der Waals surface area (Å²) in [5.41, 5.74) is 2.64. The third-order valence-electron chi connectivity index (χ3n) is 5.38. The molecule has 1 saturated heterocycles. The van der Waals surface area contributed by atoms with Crippen LogP contribution in [0.3, 0.4) is 0 Å². The molecule has 2 unspecified atom stereocenters. The first-order valence-corrected chi connectivity index (χ1v) is 9.78. The number of nitrogens with one attached hydrogen (secondary N) is 2. The van der Waals surface area contributed by atoms with Gasteiger partial charge in [0.2, 0.25) is 0 Å². The summed E-state index contributed by atoms with van der Waals surface area (Å²) < 4.78 is 0. The highest BCUT2D eigenvalue weighted by molar-refractivity contribution is 5.24. The van der Waals surface area contributed by atoms with Crippen molar-refractivity contribution in [3.63, 3.8) is 0 Å². The predicted octanol–water partition coefficient (Wildman–Crippen LogP) is 3.05. The van der Waals surface area contributed by atoms with Crippen molar-refractivity contribution in [1.29, 1.82) is 0 Å². The van der Waals surface area contributed by atoms with Gasteiger partial charge in [-0.1, -0.05) is 60.7 Å². The third kappa shape index (κ3) is 4.81. The van der Waals surface area contributed by atoms with Crippen LogP contribution in [0.4, 0.5) is 0 Å². The first-order valence-electron chi connectivity index (χ1n) is 9.78. The summed E-state index contributed by atoms with van der Waals surface area (Å²) in [7, 11) is 0. The maximum Gasteiger partial charge on any atom is 0.145 e. The molecule has 5 nitrogen and oxygen atoms in total. The van der Waals surface area contributed by atoms with Gasteiger partial charge >= 0.3 is 0 Å². The lowest BCUT2D eigenvalue weighted by Gasteiger charge is -2.20. The van der Waals surface area contributed by atoms with Crippen LogP contribution in [-0.4, -0.2) is 46.3 Å².